The largest absolute Gasteiger partial charge is 0.342 e. The van der Waals surface area contributed by atoms with Crippen molar-refractivity contribution < 1.29 is 4.79 Å². The van der Waals surface area contributed by atoms with Gasteiger partial charge in [0.1, 0.15) is 5.69 Å². The Hall–Kier alpha value is -1.00. The van der Waals surface area contributed by atoms with E-state index in [-0.39, 0.29) is 11.9 Å². The number of hydrogen-bond donors (Lipinski definition) is 1. The number of halogens is 1. The number of aryl methyl sites for hydroxylation is 1. The Morgan fingerprint density at radius 2 is 2.39 bits per heavy atom. The molecule has 0 aliphatic carbocycles. The van der Waals surface area contributed by atoms with Gasteiger partial charge in [-0.05, 0) is 19.4 Å². The van der Waals surface area contributed by atoms with E-state index in [1.807, 2.05) is 15.7 Å². The van der Waals surface area contributed by atoms with Gasteiger partial charge in [0, 0.05) is 38.4 Å². The molecule has 1 atom stereocenters. The smallest absolute Gasteiger partial charge is 0.270 e. The molecule has 5 heteroatoms. The number of nitrogens with one attached hydrogen (secondary N) is 1. The number of amides is 1. The van der Waals surface area contributed by atoms with Gasteiger partial charge in [0.05, 0.1) is 5.02 Å². The summed E-state index contributed by atoms with van der Waals surface area (Å²) in [5.41, 5.74) is 0.704. The Bertz CT molecular complexity index is 430. The quantitative estimate of drug-likeness (QED) is 0.911. The maximum Gasteiger partial charge on any atom is 0.270 e. The first kappa shape index (κ1) is 13.4. The van der Waals surface area contributed by atoms with Gasteiger partial charge in [0.2, 0.25) is 0 Å². The summed E-state index contributed by atoms with van der Waals surface area (Å²) in [5, 5.41) is 3.92. The first-order chi connectivity index (χ1) is 8.63. The van der Waals surface area contributed by atoms with Crippen molar-refractivity contribution in [3.05, 3.63) is 23.0 Å². The van der Waals surface area contributed by atoms with Crippen LogP contribution in [0.2, 0.25) is 5.02 Å². The van der Waals surface area contributed by atoms with Crippen LogP contribution in [0.1, 0.15) is 30.8 Å². The molecule has 0 radical (unpaired) electrons. The molecule has 1 aromatic heterocycles. The lowest BCUT2D eigenvalue weighted by Crippen LogP contribution is -2.52. The van der Waals surface area contributed by atoms with E-state index in [0.717, 1.165) is 32.6 Å². The van der Waals surface area contributed by atoms with Crippen LogP contribution >= 0.6 is 11.6 Å². The molecule has 0 aromatic carbocycles. The zero-order valence-corrected chi connectivity index (χ0v) is 11.7. The molecule has 1 aliphatic rings. The second-order valence-electron chi connectivity index (χ2n) is 4.79. The zero-order valence-electron chi connectivity index (χ0n) is 10.9. The van der Waals surface area contributed by atoms with E-state index in [1.54, 1.807) is 6.07 Å². The SMILES string of the molecule is CCCn1cc(Cl)cc1C(=O)N1CCNC[C@@H]1C. The van der Waals surface area contributed by atoms with Crippen LogP contribution < -0.4 is 5.32 Å². The van der Waals surface area contributed by atoms with Gasteiger partial charge in [-0.3, -0.25) is 4.79 Å². The number of rotatable bonds is 3. The number of carbonyl (C=O) groups is 1. The van der Waals surface area contributed by atoms with E-state index >= 15 is 0 Å². The summed E-state index contributed by atoms with van der Waals surface area (Å²) in [5.74, 6) is 0.0874. The molecule has 1 amide bonds. The fourth-order valence-electron chi connectivity index (χ4n) is 2.37. The normalized spacial score (nSPS) is 20.2. The summed E-state index contributed by atoms with van der Waals surface area (Å²) >= 11 is 6.02. The monoisotopic (exact) mass is 269 g/mol. The Labute approximate surface area is 113 Å². The average molecular weight is 270 g/mol. The fourth-order valence-corrected chi connectivity index (χ4v) is 2.59. The van der Waals surface area contributed by atoms with Gasteiger partial charge in [0.25, 0.3) is 5.91 Å². The molecule has 1 aromatic rings. The van der Waals surface area contributed by atoms with Crippen LogP contribution in [-0.4, -0.2) is 41.1 Å². The second-order valence-corrected chi connectivity index (χ2v) is 5.23. The molecule has 1 saturated heterocycles. The van der Waals surface area contributed by atoms with Crippen molar-refractivity contribution in [2.45, 2.75) is 32.9 Å². The number of hydrogen-bond acceptors (Lipinski definition) is 2. The average Bonchev–Trinajstić information content (AvgIpc) is 2.71. The number of aromatic nitrogens is 1. The highest BCUT2D eigenvalue weighted by Crippen LogP contribution is 2.18. The fraction of sp³-hybridized carbons (Fsp3) is 0.615. The van der Waals surface area contributed by atoms with Crippen LogP contribution in [0.5, 0.6) is 0 Å². The first-order valence-corrected chi connectivity index (χ1v) is 6.88. The lowest BCUT2D eigenvalue weighted by atomic mass is 10.2. The van der Waals surface area contributed by atoms with Gasteiger partial charge in [-0.1, -0.05) is 18.5 Å². The van der Waals surface area contributed by atoms with E-state index in [9.17, 15) is 4.79 Å². The van der Waals surface area contributed by atoms with Crippen molar-refractivity contribution in [1.82, 2.24) is 14.8 Å². The van der Waals surface area contributed by atoms with E-state index < -0.39 is 0 Å². The topological polar surface area (TPSA) is 37.3 Å². The highest BCUT2D eigenvalue weighted by molar-refractivity contribution is 6.31. The Morgan fingerprint density at radius 1 is 1.61 bits per heavy atom. The molecule has 4 nitrogen and oxygen atoms in total. The van der Waals surface area contributed by atoms with Crippen LogP contribution in [0, 0.1) is 0 Å². The van der Waals surface area contributed by atoms with E-state index in [2.05, 4.69) is 19.2 Å². The van der Waals surface area contributed by atoms with Crippen LogP contribution in [0.4, 0.5) is 0 Å². The molecule has 1 aliphatic heterocycles. The maximum atomic E-state index is 12.5. The molecular formula is C13H20ClN3O. The zero-order chi connectivity index (χ0) is 13.1. The Morgan fingerprint density at radius 3 is 3.06 bits per heavy atom. The molecule has 0 bridgehead atoms. The third-order valence-corrected chi connectivity index (χ3v) is 3.52. The van der Waals surface area contributed by atoms with Gasteiger partial charge >= 0.3 is 0 Å². The lowest BCUT2D eigenvalue weighted by molar-refractivity contribution is 0.0644. The summed E-state index contributed by atoms with van der Waals surface area (Å²) in [6, 6.07) is 2.00. The van der Waals surface area contributed by atoms with Crippen molar-refractivity contribution in [3.63, 3.8) is 0 Å². The summed E-state index contributed by atoms with van der Waals surface area (Å²) in [6.45, 7) is 7.46. The summed E-state index contributed by atoms with van der Waals surface area (Å²) in [4.78, 5) is 14.5. The van der Waals surface area contributed by atoms with Crippen molar-refractivity contribution in [2.24, 2.45) is 0 Å². The summed E-state index contributed by atoms with van der Waals surface area (Å²) < 4.78 is 1.96. The highest BCUT2D eigenvalue weighted by atomic mass is 35.5. The van der Waals surface area contributed by atoms with Crippen molar-refractivity contribution in [3.8, 4) is 0 Å². The predicted molar refractivity (Wildman–Crippen MR) is 73.1 cm³/mol. The highest BCUT2D eigenvalue weighted by Gasteiger charge is 2.26. The molecule has 2 rings (SSSR count). The van der Waals surface area contributed by atoms with Gasteiger partial charge in [-0.2, -0.15) is 0 Å². The van der Waals surface area contributed by atoms with Crippen LogP contribution in [0.25, 0.3) is 0 Å². The van der Waals surface area contributed by atoms with Crippen molar-refractivity contribution in [1.29, 1.82) is 0 Å². The van der Waals surface area contributed by atoms with Gasteiger partial charge in [-0.25, -0.2) is 0 Å². The van der Waals surface area contributed by atoms with Crippen LogP contribution in [-0.2, 0) is 6.54 Å². The van der Waals surface area contributed by atoms with E-state index in [0.29, 0.717) is 10.7 Å². The molecule has 18 heavy (non-hydrogen) atoms. The molecule has 0 spiro atoms. The Kier molecular flexibility index (Phi) is 4.30. The molecule has 100 valence electrons. The minimum atomic E-state index is 0.0874. The van der Waals surface area contributed by atoms with Crippen LogP contribution in [0.15, 0.2) is 12.3 Å². The third-order valence-electron chi connectivity index (χ3n) is 3.31. The van der Waals surface area contributed by atoms with Gasteiger partial charge in [-0.15, -0.1) is 0 Å². The Balaban J connectivity index is 2.21. The number of carbonyl (C=O) groups excluding carboxylic acids is 1. The predicted octanol–water partition coefficient (Wildman–Crippen LogP) is 1.99. The summed E-state index contributed by atoms with van der Waals surface area (Å²) in [6.07, 6.45) is 2.83. The minimum absolute atomic E-state index is 0.0874. The maximum absolute atomic E-state index is 12.5. The van der Waals surface area contributed by atoms with Crippen molar-refractivity contribution >= 4 is 17.5 Å². The third kappa shape index (κ3) is 2.70. The van der Waals surface area contributed by atoms with Crippen LogP contribution in [0.3, 0.4) is 0 Å². The molecule has 0 saturated carbocycles. The van der Waals surface area contributed by atoms with Gasteiger partial charge in [0.15, 0.2) is 0 Å². The second kappa shape index (κ2) is 5.76. The molecule has 1 fully saturated rings. The van der Waals surface area contributed by atoms with E-state index in [4.69, 9.17) is 11.6 Å². The minimum Gasteiger partial charge on any atom is -0.342 e. The number of piperazine rings is 1. The summed E-state index contributed by atoms with van der Waals surface area (Å²) in [7, 11) is 0. The molecule has 0 unspecified atom stereocenters. The standard InChI is InChI=1S/C13H20ClN3O/c1-3-5-16-9-11(14)7-12(16)13(18)17-6-4-15-8-10(17)2/h7,9-10,15H,3-6,8H2,1-2H3/t10-/m0/s1. The number of nitrogens with zero attached hydrogens (tertiary/aromatic N) is 2. The first-order valence-electron chi connectivity index (χ1n) is 6.51. The molecule has 1 N–H and O–H groups in total. The van der Waals surface area contributed by atoms with E-state index in [1.165, 1.54) is 0 Å². The van der Waals surface area contributed by atoms with Gasteiger partial charge < -0.3 is 14.8 Å². The van der Waals surface area contributed by atoms with Crippen molar-refractivity contribution in [2.75, 3.05) is 19.6 Å². The molecule has 2 heterocycles. The molecular weight excluding hydrogens is 250 g/mol. The lowest BCUT2D eigenvalue weighted by Gasteiger charge is -2.34.